The molecule has 5 fully saturated rings. The van der Waals surface area contributed by atoms with Gasteiger partial charge in [0, 0.05) is 17.4 Å². The molecule has 8 atom stereocenters. The van der Waals surface area contributed by atoms with Crippen LogP contribution < -0.4 is 0 Å². The Balaban J connectivity index is 1.62. The second-order valence-corrected chi connectivity index (χ2v) is 9.28. The molecule has 1 aromatic rings. The molecule has 2 bridgehead atoms. The van der Waals surface area contributed by atoms with Crippen LogP contribution in [0.1, 0.15) is 52.0 Å². The number of furan rings is 1. The number of fused-ring (bicyclic) bond motifs is 1. The van der Waals surface area contributed by atoms with Crippen LogP contribution >= 0.6 is 0 Å². The standard InChI is InChI=1S/C20H24O5/c1-11-8-15-18(3)13(16(21)23-15)4-5-14-20(18)17(11,2)10-19(24-14,25-20)12-6-7-22-9-12/h6-7,9,11,13-15H,4-5,8,10H2,1-3H3/t11-,13+,14-,15+,17+,18+,19-,20+/m1/s1. The molecular weight excluding hydrogens is 320 g/mol. The van der Waals surface area contributed by atoms with Crippen molar-refractivity contribution in [1.29, 1.82) is 0 Å². The molecule has 0 N–H and O–H groups in total. The molecule has 0 radical (unpaired) electrons. The van der Waals surface area contributed by atoms with E-state index in [1.165, 1.54) is 0 Å². The average molecular weight is 344 g/mol. The van der Waals surface area contributed by atoms with Crippen molar-refractivity contribution in [3.8, 4) is 0 Å². The molecule has 25 heavy (non-hydrogen) atoms. The quantitative estimate of drug-likeness (QED) is 0.731. The Labute approximate surface area is 147 Å². The fraction of sp³-hybridized carbons (Fsp3) is 0.750. The van der Waals surface area contributed by atoms with Crippen molar-refractivity contribution < 1.29 is 23.4 Å². The Bertz CT molecular complexity index is 773. The van der Waals surface area contributed by atoms with Crippen molar-refractivity contribution >= 4 is 5.97 Å². The van der Waals surface area contributed by atoms with Crippen molar-refractivity contribution in [2.24, 2.45) is 22.7 Å². The third kappa shape index (κ3) is 1.26. The normalized spacial score (nSPS) is 58.3. The zero-order valence-electron chi connectivity index (χ0n) is 14.9. The lowest BCUT2D eigenvalue weighted by molar-refractivity contribution is -0.241. The van der Waals surface area contributed by atoms with Crippen LogP contribution in [0.25, 0.3) is 0 Å². The van der Waals surface area contributed by atoms with Crippen molar-refractivity contribution in [1.82, 2.24) is 0 Å². The predicted octanol–water partition coefficient (Wildman–Crippen LogP) is 3.38. The topological polar surface area (TPSA) is 57.9 Å². The number of ether oxygens (including phenoxy) is 3. The number of carbonyl (C=O) groups excluding carboxylic acids is 1. The largest absolute Gasteiger partial charge is 0.472 e. The summed E-state index contributed by atoms with van der Waals surface area (Å²) >= 11 is 0. The third-order valence-electron chi connectivity index (χ3n) is 8.63. The molecule has 4 heterocycles. The smallest absolute Gasteiger partial charge is 0.310 e. The van der Waals surface area contributed by atoms with Gasteiger partial charge in [-0.1, -0.05) is 20.8 Å². The summed E-state index contributed by atoms with van der Waals surface area (Å²) in [4.78, 5) is 12.6. The average Bonchev–Trinajstić information content (AvgIpc) is 3.28. The maximum Gasteiger partial charge on any atom is 0.310 e. The monoisotopic (exact) mass is 344 g/mol. The Kier molecular flexibility index (Phi) is 2.36. The van der Waals surface area contributed by atoms with E-state index in [1.807, 2.05) is 6.07 Å². The Morgan fingerprint density at radius 2 is 2.04 bits per heavy atom. The minimum Gasteiger partial charge on any atom is -0.472 e. The zero-order valence-corrected chi connectivity index (χ0v) is 14.9. The van der Waals surface area contributed by atoms with Gasteiger partial charge >= 0.3 is 5.97 Å². The molecule has 0 amide bonds. The van der Waals surface area contributed by atoms with E-state index in [4.69, 9.17) is 18.6 Å². The van der Waals surface area contributed by atoms with E-state index in [9.17, 15) is 4.79 Å². The molecule has 5 nitrogen and oxygen atoms in total. The Morgan fingerprint density at radius 1 is 1.20 bits per heavy atom. The lowest BCUT2D eigenvalue weighted by atomic mass is 9.41. The van der Waals surface area contributed by atoms with Gasteiger partial charge in [0.15, 0.2) is 5.79 Å². The lowest BCUT2D eigenvalue weighted by Gasteiger charge is -2.64. The highest BCUT2D eigenvalue weighted by atomic mass is 16.8. The predicted molar refractivity (Wildman–Crippen MR) is 86.3 cm³/mol. The first kappa shape index (κ1) is 14.8. The first-order valence-electron chi connectivity index (χ1n) is 9.48. The van der Waals surface area contributed by atoms with Gasteiger partial charge in [0.05, 0.1) is 30.0 Å². The summed E-state index contributed by atoms with van der Waals surface area (Å²) in [6.45, 7) is 6.86. The minimum atomic E-state index is -0.751. The van der Waals surface area contributed by atoms with Crippen molar-refractivity contribution in [3.05, 3.63) is 24.2 Å². The molecule has 5 aliphatic rings. The molecule has 2 saturated carbocycles. The van der Waals surface area contributed by atoms with E-state index < -0.39 is 11.4 Å². The van der Waals surface area contributed by atoms with Gasteiger partial charge in [-0.3, -0.25) is 4.79 Å². The highest BCUT2D eigenvalue weighted by Crippen LogP contribution is 2.79. The van der Waals surface area contributed by atoms with Crippen LogP contribution in [-0.4, -0.2) is 23.8 Å². The maximum atomic E-state index is 12.6. The summed E-state index contributed by atoms with van der Waals surface area (Å²) in [6.07, 6.45) is 6.75. The molecule has 0 unspecified atom stereocenters. The number of hydrogen-bond acceptors (Lipinski definition) is 5. The van der Waals surface area contributed by atoms with E-state index in [1.54, 1.807) is 12.5 Å². The molecule has 5 heteroatoms. The molecule has 3 saturated heterocycles. The Morgan fingerprint density at radius 3 is 2.80 bits per heavy atom. The van der Waals surface area contributed by atoms with Gasteiger partial charge in [0.2, 0.25) is 0 Å². The van der Waals surface area contributed by atoms with Gasteiger partial charge in [-0.15, -0.1) is 0 Å². The highest BCUT2D eigenvalue weighted by Gasteiger charge is 2.86. The van der Waals surface area contributed by atoms with Crippen molar-refractivity contribution in [3.63, 3.8) is 0 Å². The minimum absolute atomic E-state index is 0.00199. The van der Waals surface area contributed by atoms with Crippen LogP contribution in [0.5, 0.6) is 0 Å². The SMILES string of the molecule is C[C@@H]1C[C@@H]2OC(=O)[C@@H]3CC[C@H]4O[C@]5(c6ccoc6)C[C@]1(C)[C@]4(O5)[C@]23C. The van der Waals surface area contributed by atoms with E-state index in [2.05, 4.69) is 20.8 Å². The Hall–Kier alpha value is -1.33. The molecule has 6 rings (SSSR count). The third-order valence-corrected chi connectivity index (χ3v) is 8.63. The second-order valence-electron chi connectivity index (χ2n) is 9.28. The van der Waals surface area contributed by atoms with Gasteiger partial charge in [-0.2, -0.15) is 0 Å². The van der Waals surface area contributed by atoms with E-state index in [0.717, 1.165) is 31.2 Å². The van der Waals surface area contributed by atoms with Gasteiger partial charge in [-0.05, 0) is 31.2 Å². The van der Waals surface area contributed by atoms with Crippen LogP contribution in [0.4, 0.5) is 0 Å². The van der Waals surface area contributed by atoms with Crippen LogP contribution in [-0.2, 0) is 24.8 Å². The molecule has 134 valence electrons. The fourth-order valence-corrected chi connectivity index (χ4v) is 7.35. The summed E-state index contributed by atoms with van der Waals surface area (Å²) in [5, 5.41) is 0. The first-order chi connectivity index (χ1) is 11.9. The van der Waals surface area contributed by atoms with Crippen LogP contribution in [0.3, 0.4) is 0 Å². The molecule has 1 spiro atoms. The number of hydrogen-bond donors (Lipinski definition) is 0. The lowest BCUT2D eigenvalue weighted by Crippen LogP contribution is -2.73. The zero-order chi connectivity index (χ0) is 17.2. The van der Waals surface area contributed by atoms with Gasteiger partial charge in [0.25, 0.3) is 0 Å². The number of esters is 1. The number of carbonyl (C=O) groups is 1. The second kappa shape index (κ2) is 3.99. The highest BCUT2D eigenvalue weighted by molar-refractivity contribution is 5.77. The van der Waals surface area contributed by atoms with Crippen molar-refractivity contribution in [2.75, 3.05) is 0 Å². The van der Waals surface area contributed by atoms with E-state index >= 15 is 0 Å². The molecular formula is C20H24O5. The van der Waals surface area contributed by atoms with E-state index in [-0.39, 0.29) is 34.9 Å². The maximum absolute atomic E-state index is 12.6. The molecule has 2 aliphatic carbocycles. The molecule has 3 aliphatic heterocycles. The summed E-state index contributed by atoms with van der Waals surface area (Å²) in [5.74, 6) is -0.468. The van der Waals surface area contributed by atoms with Crippen LogP contribution in [0.2, 0.25) is 0 Å². The number of rotatable bonds is 1. The molecule has 0 aromatic carbocycles. The van der Waals surface area contributed by atoms with Gasteiger partial charge in [-0.25, -0.2) is 0 Å². The van der Waals surface area contributed by atoms with Crippen LogP contribution in [0.15, 0.2) is 23.0 Å². The summed E-state index contributed by atoms with van der Waals surface area (Å²) < 4.78 is 24.8. The summed E-state index contributed by atoms with van der Waals surface area (Å²) in [5.41, 5.74) is 0.108. The van der Waals surface area contributed by atoms with E-state index in [0.29, 0.717) is 5.92 Å². The molecule has 1 aromatic heterocycles. The first-order valence-corrected chi connectivity index (χ1v) is 9.48. The van der Waals surface area contributed by atoms with Crippen molar-refractivity contribution in [2.45, 2.75) is 70.1 Å². The van der Waals surface area contributed by atoms with Gasteiger partial charge < -0.3 is 18.6 Å². The van der Waals surface area contributed by atoms with Crippen LogP contribution in [0, 0.1) is 22.7 Å². The fourth-order valence-electron chi connectivity index (χ4n) is 7.35. The summed E-state index contributed by atoms with van der Waals surface area (Å²) in [6, 6.07) is 1.95. The summed E-state index contributed by atoms with van der Waals surface area (Å²) in [7, 11) is 0. The van der Waals surface area contributed by atoms with Gasteiger partial charge in [0.1, 0.15) is 11.7 Å².